The summed E-state index contributed by atoms with van der Waals surface area (Å²) in [6.45, 7) is 6.89. The molecule has 240 valence electrons. The molecule has 1 atom stereocenters. The molecule has 0 saturated heterocycles. The zero-order valence-electron chi connectivity index (χ0n) is 28.5. The second-order valence-corrected chi connectivity index (χ2v) is 13.4. The molecule has 0 amide bonds. The van der Waals surface area contributed by atoms with E-state index in [0.717, 1.165) is 12.8 Å². The predicted molar refractivity (Wildman–Crippen MR) is 182 cm³/mol. The van der Waals surface area contributed by atoms with E-state index in [4.69, 9.17) is 0 Å². The molecule has 0 saturated carbocycles. The van der Waals surface area contributed by atoms with Gasteiger partial charge < -0.3 is 0 Å². The van der Waals surface area contributed by atoms with Gasteiger partial charge in [0.25, 0.3) is 0 Å². The largest absolute Gasteiger partial charge is 0.299 e. The molecule has 1 heteroatoms. The SMILES string of the molecule is CCCCCCCCCCCCCCC(CCCCCCCCCC)C(=O)CCCCCCCCCCCCC. The van der Waals surface area contributed by atoms with Crippen molar-refractivity contribution in [3.8, 4) is 0 Å². The highest BCUT2D eigenvalue weighted by Gasteiger charge is 2.17. The first-order chi connectivity index (χ1) is 19.8. The van der Waals surface area contributed by atoms with E-state index in [0.29, 0.717) is 11.7 Å². The summed E-state index contributed by atoms with van der Waals surface area (Å²) in [6, 6.07) is 0. The molecule has 0 aromatic carbocycles. The van der Waals surface area contributed by atoms with Gasteiger partial charge in [-0.25, -0.2) is 0 Å². The van der Waals surface area contributed by atoms with Gasteiger partial charge in [0.1, 0.15) is 5.78 Å². The number of hydrogen-bond acceptors (Lipinski definition) is 1. The second kappa shape index (κ2) is 34.9. The summed E-state index contributed by atoms with van der Waals surface area (Å²) < 4.78 is 0. The van der Waals surface area contributed by atoms with Crippen molar-refractivity contribution >= 4 is 5.78 Å². The fourth-order valence-electron chi connectivity index (χ4n) is 6.39. The molecule has 0 fully saturated rings. The highest BCUT2D eigenvalue weighted by Crippen LogP contribution is 2.23. The molecule has 0 radical (unpaired) electrons. The van der Waals surface area contributed by atoms with Crippen LogP contribution in [0, 0.1) is 5.92 Å². The van der Waals surface area contributed by atoms with E-state index in [1.165, 1.54) is 205 Å². The van der Waals surface area contributed by atoms with Gasteiger partial charge >= 0.3 is 0 Å². The molecule has 0 aliphatic heterocycles. The first-order valence-corrected chi connectivity index (χ1v) is 19.3. The van der Waals surface area contributed by atoms with Crippen LogP contribution in [0.25, 0.3) is 0 Å². The Morgan fingerprint density at radius 2 is 0.550 bits per heavy atom. The van der Waals surface area contributed by atoms with Crippen LogP contribution in [0.4, 0.5) is 0 Å². The van der Waals surface area contributed by atoms with Gasteiger partial charge in [0.05, 0.1) is 0 Å². The second-order valence-electron chi connectivity index (χ2n) is 13.4. The van der Waals surface area contributed by atoms with Gasteiger partial charge in [-0.15, -0.1) is 0 Å². The zero-order chi connectivity index (χ0) is 29.2. The smallest absolute Gasteiger partial charge is 0.135 e. The molecule has 0 rings (SSSR count). The quantitative estimate of drug-likeness (QED) is 0.0702. The van der Waals surface area contributed by atoms with Gasteiger partial charge in [0.2, 0.25) is 0 Å². The zero-order valence-corrected chi connectivity index (χ0v) is 28.5. The first-order valence-electron chi connectivity index (χ1n) is 19.3. The fourth-order valence-corrected chi connectivity index (χ4v) is 6.39. The Bertz CT molecular complexity index is 469. The Morgan fingerprint density at radius 1 is 0.325 bits per heavy atom. The van der Waals surface area contributed by atoms with Crippen molar-refractivity contribution in [3.63, 3.8) is 0 Å². The molecule has 0 aliphatic carbocycles. The van der Waals surface area contributed by atoms with E-state index >= 15 is 0 Å². The Balaban J connectivity index is 4.02. The summed E-state index contributed by atoms with van der Waals surface area (Å²) in [7, 11) is 0. The maximum absolute atomic E-state index is 13.2. The van der Waals surface area contributed by atoms with Gasteiger partial charge in [-0.2, -0.15) is 0 Å². The van der Waals surface area contributed by atoms with E-state index in [-0.39, 0.29) is 0 Å². The standard InChI is InChI=1S/C39H78O/c1-4-7-10-13-16-19-21-23-24-27-30-33-36-38(35-32-29-26-18-15-12-9-6-3)39(40)37-34-31-28-25-22-20-17-14-11-8-5-2/h38H,4-37H2,1-3H3. The van der Waals surface area contributed by atoms with Crippen LogP contribution in [-0.2, 0) is 4.79 Å². The minimum atomic E-state index is 0.367. The molecule has 0 spiro atoms. The van der Waals surface area contributed by atoms with Crippen LogP contribution in [-0.4, -0.2) is 5.78 Å². The summed E-state index contributed by atoms with van der Waals surface area (Å²) in [4.78, 5) is 13.2. The van der Waals surface area contributed by atoms with Crippen molar-refractivity contribution in [2.45, 2.75) is 239 Å². The van der Waals surface area contributed by atoms with Crippen molar-refractivity contribution in [2.24, 2.45) is 5.92 Å². The number of Topliss-reactive ketones (excluding diaryl/α,β-unsaturated/α-hetero) is 1. The Morgan fingerprint density at radius 3 is 0.825 bits per heavy atom. The van der Waals surface area contributed by atoms with Crippen molar-refractivity contribution in [1.29, 1.82) is 0 Å². The molecule has 1 unspecified atom stereocenters. The lowest BCUT2D eigenvalue weighted by Gasteiger charge is -2.16. The third-order valence-electron chi connectivity index (χ3n) is 9.29. The molecule has 0 aliphatic rings. The van der Waals surface area contributed by atoms with Gasteiger partial charge in [-0.3, -0.25) is 4.79 Å². The summed E-state index contributed by atoms with van der Waals surface area (Å²) >= 11 is 0. The molecular formula is C39H78O. The van der Waals surface area contributed by atoms with E-state index in [1.807, 2.05) is 0 Å². The number of carbonyl (C=O) groups excluding carboxylic acids is 1. The highest BCUT2D eigenvalue weighted by molar-refractivity contribution is 5.80. The fraction of sp³-hybridized carbons (Fsp3) is 0.974. The normalized spacial score (nSPS) is 12.3. The van der Waals surface area contributed by atoms with Crippen LogP contribution in [0.1, 0.15) is 239 Å². The Hall–Kier alpha value is -0.330. The number of hydrogen-bond donors (Lipinski definition) is 0. The predicted octanol–water partition coefficient (Wildman–Crippen LogP) is 14.5. The first kappa shape index (κ1) is 39.7. The number of ketones is 1. The molecule has 0 aromatic rings. The van der Waals surface area contributed by atoms with Gasteiger partial charge in [0, 0.05) is 12.3 Å². The molecule has 0 heterocycles. The van der Waals surface area contributed by atoms with Crippen LogP contribution in [0.5, 0.6) is 0 Å². The molecular weight excluding hydrogens is 484 g/mol. The van der Waals surface area contributed by atoms with Gasteiger partial charge in [-0.05, 0) is 19.3 Å². The van der Waals surface area contributed by atoms with Crippen molar-refractivity contribution < 1.29 is 4.79 Å². The minimum Gasteiger partial charge on any atom is -0.299 e. The number of carbonyl (C=O) groups is 1. The molecule has 40 heavy (non-hydrogen) atoms. The third-order valence-corrected chi connectivity index (χ3v) is 9.29. The van der Waals surface area contributed by atoms with Gasteiger partial charge in [0.15, 0.2) is 0 Å². The number of unbranched alkanes of at least 4 members (excludes halogenated alkanes) is 28. The van der Waals surface area contributed by atoms with Crippen molar-refractivity contribution in [3.05, 3.63) is 0 Å². The summed E-state index contributed by atoms with van der Waals surface area (Å²) in [5.41, 5.74) is 0. The van der Waals surface area contributed by atoms with E-state index in [9.17, 15) is 4.79 Å². The Kier molecular flexibility index (Phi) is 34.6. The maximum Gasteiger partial charge on any atom is 0.135 e. The summed E-state index contributed by atoms with van der Waals surface area (Å²) in [6.07, 6.45) is 46.0. The molecule has 0 aromatic heterocycles. The molecule has 0 bridgehead atoms. The average Bonchev–Trinajstić information content (AvgIpc) is 2.96. The maximum atomic E-state index is 13.2. The highest BCUT2D eigenvalue weighted by atomic mass is 16.1. The Labute approximate surface area is 255 Å². The lowest BCUT2D eigenvalue weighted by Crippen LogP contribution is -2.14. The minimum absolute atomic E-state index is 0.367. The van der Waals surface area contributed by atoms with Crippen LogP contribution < -0.4 is 0 Å². The van der Waals surface area contributed by atoms with Crippen LogP contribution in [0.2, 0.25) is 0 Å². The van der Waals surface area contributed by atoms with Crippen molar-refractivity contribution in [2.75, 3.05) is 0 Å². The summed E-state index contributed by atoms with van der Waals surface area (Å²) in [5, 5.41) is 0. The molecule has 0 N–H and O–H groups in total. The summed E-state index contributed by atoms with van der Waals surface area (Å²) in [5.74, 6) is 0.980. The van der Waals surface area contributed by atoms with E-state index in [2.05, 4.69) is 20.8 Å². The number of rotatable bonds is 35. The average molecular weight is 563 g/mol. The lowest BCUT2D eigenvalue weighted by atomic mass is 9.88. The topological polar surface area (TPSA) is 17.1 Å². The lowest BCUT2D eigenvalue weighted by molar-refractivity contribution is -0.123. The molecule has 1 nitrogen and oxygen atoms in total. The van der Waals surface area contributed by atoms with Crippen LogP contribution >= 0.6 is 0 Å². The van der Waals surface area contributed by atoms with E-state index < -0.39 is 0 Å². The van der Waals surface area contributed by atoms with Crippen LogP contribution in [0.15, 0.2) is 0 Å². The monoisotopic (exact) mass is 563 g/mol. The van der Waals surface area contributed by atoms with E-state index in [1.54, 1.807) is 0 Å². The van der Waals surface area contributed by atoms with Crippen LogP contribution in [0.3, 0.4) is 0 Å². The third kappa shape index (κ3) is 30.6. The van der Waals surface area contributed by atoms with Crippen molar-refractivity contribution in [1.82, 2.24) is 0 Å². The van der Waals surface area contributed by atoms with Gasteiger partial charge in [-0.1, -0.05) is 213 Å².